The molecule has 15 heavy (non-hydrogen) atoms. The molecule has 84 valence electrons. The van der Waals surface area contributed by atoms with Gasteiger partial charge in [0.05, 0.1) is 6.04 Å². The van der Waals surface area contributed by atoms with Crippen molar-refractivity contribution in [2.45, 2.75) is 32.2 Å². The zero-order valence-electron chi connectivity index (χ0n) is 8.83. The number of hydrogen-bond acceptors (Lipinski definition) is 2. The average molecular weight is 246 g/mol. The van der Waals surface area contributed by atoms with Gasteiger partial charge in [-0.2, -0.15) is 0 Å². The quantitative estimate of drug-likeness (QED) is 0.605. The van der Waals surface area contributed by atoms with Gasteiger partial charge in [0, 0.05) is 17.2 Å². The first-order valence-electron chi connectivity index (χ1n) is 5.12. The molecule has 4 heteroatoms. The Morgan fingerprint density at radius 1 is 1.60 bits per heavy atom. The van der Waals surface area contributed by atoms with E-state index >= 15 is 0 Å². The van der Waals surface area contributed by atoms with Crippen LogP contribution in [0.2, 0.25) is 0 Å². The minimum absolute atomic E-state index is 0.112. The number of amides is 1. The topological polar surface area (TPSA) is 29.1 Å². The molecular weight excluding hydrogens is 230 g/mol. The number of thiophene rings is 1. The lowest BCUT2D eigenvalue weighted by Crippen LogP contribution is -2.25. The molecule has 0 aromatic carbocycles. The third kappa shape index (κ3) is 4.67. The van der Waals surface area contributed by atoms with Crippen LogP contribution in [0.4, 0.5) is 0 Å². The minimum atomic E-state index is 0.112. The number of unbranched alkanes of at least 4 members (excludes halogenated alkanes) is 1. The summed E-state index contributed by atoms with van der Waals surface area (Å²) < 4.78 is 0. The summed E-state index contributed by atoms with van der Waals surface area (Å²) in [5, 5.41) is 4.99. The fourth-order valence-electron chi connectivity index (χ4n) is 1.30. The zero-order valence-corrected chi connectivity index (χ0v) is 10.4. The number of rotatable bonds is 6. The van der Waals surface area contributed by atoms with Crippen molar-refractivity contribution >= 4 is 28.8 Å². The number of alkyl halides is 1. The zero-order chi connectivity index (χ0) is 11.1. The molecule has 0 aliphatic rings. The van der Waals surface area contributed by atoms with Crippen LogP contribution in [0, 0.1) is 0 Å². The monoisotopic (exact) mass is 245 g/mol. The minimum Gasteiger partial charge on any atom is -0.349 e. The molecule has 0 saturated heterocycles. The number of carbonyl (C=O) groups is 1. The molecule has 1 atom stereocenters. The van der Waals surface area contributed by atoms with Gasteiger partial charge in [-0.3, -0.25) is 4.79 Å². The van der Waals surface area contributed by atoms with Gasteiger partial charge in [-0.1, -0.05) is 6.07 Å². The molecule has 0 fully saturated rings. The second kappa shape index (κ2) is 6.85. The lowest BCUT2D eigenvalue weighted by molar-refractivity contribution is -0.121. The maximum Gasteiger partial charge on any atom is 0.220 e. The molecule has 1 rings (SSSR count). The molecule has 0 bridgehead atoms. The van der Waals surface area contributed by atoms with Gasteiger partial charge >= 0.3 is 0 Å². The number of carbonyl (C=O) groups excluding carboxylic acids is 1. The largest absolute Gasteiger partial charge is 0.349 e. The second-order valence-corrected chi connectivity index (χ2v) is 4.81. The molecule has 1 aromatic rings. The summed E-state index contributed by atoms with van der Waals surface area (Å²) in [6, 6.07) is 4.15. The highest BCUT2D eigenvalue weighted by Crippen LogP contribution is 2.18. The number of halogens is 1. The van der Waals surface area contributed by atoms with Crippen LogP contribution in [0.1, 0.15) is 37.1 Å². The highest BCUT2D eigenvalue weighted by Gasteiger charge is 2.09. The molecular formula is C11H16ClNOS. The predicted octanol–water partition coefficient (Wildman–Crippen LogP) is 3.33. The summed E-state index contributed by atoms with van der Waals surface area (Å²) in [6.45, 7) is 2.01. The average Bonchev–Trinajstić information content (AvgIpc) is 2.70. The molecule has 1 N–H and O–H groups in total. The van der Waals surface area contributed by atoms with E-state index < -0.39 is 0 Å². The highest BCUT2D eigenvalue weighted by molar-refractivity contribution is 7.10. The van der Waals surface area contributed by atoms with E-state index in [1.165, 1.54) is 4.88 Å². The lowest BCUT2D eigenvalue weighted by Gasteiger charge is -2.11. The summed E-state index contributed by atoms with van der Waals surface area (Å²) in [7, 11) is 0. The van der Waals surface area contributed by atoms with Crippen molar-refractivity contribution in [1.82, 2.24) is 5.32 Å². The van der Waals surface area contributed by atoms with Crippen LogP contribution in [-0.4, -0.2) is 11.8 Å². The second-order valence-electron chi connectivity index (χ2n) is 3.45. The first-order valence-corrected chi connectivity index (χ1v) is 6.54. The summed E-state index contributed by atoms with van der Waals surface area (Å²) in [5.41, 5.74) is 0. The third-order valence-corrected chi connectivity index (χ3v) is 3.46. The van der Waals surface area contributed by atoms with E-state index in [0.717, 1.165) is 12.8 Å². The van der Waals surface area contributed by atoms with Gasteiger partial charge < -0.3 is 5.32 Å². The van der Waals surface area contributed by atoms with Gasteiger partial charge in [0.25, 0.3) is 0 Å². The molecule has 0 unspecified atom stereocenters. The summed E-state index contributed by atoms with van der Waals surface area (Å²) in [6.07, 6.45) is 2.34. The molecule has 0 saturated carbocycles. The van der Waals surface area contributed by atoms with Crippen molar-refractivity contribution in [3.63, 3.8) is 0 Å². The Bertz CT molecular complexity index is 287. The Labute approximate surface area is 99.6 Å². The maximum atomic E-state index is 11.5. The smallest absolute Gasteiger partial charge is 0.220 e. The van der Waals surface area contributed by atoms with Crippen molar-refractivity contribution in [3.05, 3.63) is 22.4 Å². The Morgan fingerprint density at radius 3 is 3.00 bits per heavy atom. The fourth-order valence-corrected chi connectivity index (χ4v) is 2.23. The summed E-state index contributed by atoms with van der Waals surface area (Å²) in [5.74, 6) is 0.745. The molecule has 0 aliphatic heterocycles. The molecule has 1 aromatic heterocycles. The SMILES string of the molecule is C[C@@H](NC(=O)CCCCCl)c1cccs1. The van der Waals surface area contributed by atoms with Crippen molar-refractivity contribution < 1.29 is 4.79 Å². The fraction of sp³-hybridized carbons (Fsp3) is 0.545. The van der Waals surface area contributed by atoms with Crippen LogP contribution < -0.4 is 5.32 Å². The molecule has 1 heterocycles. The van der Waals surface area contributed by atoms with Gasteiger partial charge in [0.1, 0.15) is 0 Å². The van der Waals surface area contributed by atoms with E-state index in [1.807, 2.05) is 24.4 Å². The Hall–Kier alpha value is -0.540. The molecule has 0 radical (unpaired) electrons. The van der Waals surface area contributed by atoms with Crippen molar-refractivity contribution in [1.29, 1.82) is 0 Å². The first kappa shape index (κ1) is 12.5. The van der Waals surface area contributed by atoms with Crippen molar-refractivity contribution in [2.24, 2.45) is 0 Å². The van der Waals surface area contributed by atoms with Crippen LogP contribution in [0.5, 0.6) is 0 Å². The summed E-state index contributed by atoms with van der Waals surface area (Å²) >= 11 is 7.21. The Morgan fingerprint density at radius 2 is 2.40 bits per heavy atom. The predicted molar refractivity (Wildman–Crippen MR) is 65.4 cm³/mol. The lowest BCUT2D eigenvalue weighted by atomic mass is 10.2. The molecule has 2 nitrogen and oxygen atoms in total. The first-order chi connectivity index (χ1) is 7.24. The number of nitrogens with one attached hydrogen (secondary N) is 1. The van der Waals surface area contributed by atoms with E-state index in [4.69, 9.17) is 11.6 Å². The Kier molecular flexibility index (Phi) is 5.73. The standard InChI is InChI=1S/C11H16ClNOS/c1-9(10-5-4-8-15-10)13-11(14)6-2-3-7-12/h4-5,8-9H,2-3,6-7H2,1H3,(H,13,14)/t9-/m1/s1. The van der Waals surface area contributed by atoms with Crippen LogP contribution >= 0.6 is 22.9 Å². The van der Waals surface area contributed by atoms with Crippen LogP contribution in [-0.2, 0) is 4.79 Å². The van der Waals surface area contributed by atoms with Crippen LogP contribution in [0.25, 0.3) is 0 Å². The van der Waals surface area contributed by atoms with Gasteiger partial charge in [-0.05, 0) is 31.2 Å². The van der Waals surface area contributed by atoms with Gasteiger partial charge in [0.15, 0.2) is 0 Å². The van der Waals surface area contributed by atoms with Gasteiger partial charge in [-0.15, -0.1) is 22.9 Å². The van der Waals surface area contributed by atoms with Gasteiger partial charge in [-0.25, -0.2) is 0 Å². The Balaban J connectivity index is 2.26. The molecule has 1 amide bonds. The summed E-state index contributed by atoms with van der Waals surface area (Å²) in [4.78, 5) is 12.7. The third-order valence-electron chi connectivity index (χ3n) is 2.13. The molecule has 0 aliphatic carbocycles. The number of hydrogen-bond donors (Lipinski definition) is 1. The van der Waals surface area contributed by atoms with Crippen molar-refractivity contribution in [2.75, 3.05) is 5.88 Å². The van der Waals surface area contributed by atoms with E-state index in [-0.39, 0.29) is 11.9 Å². The molecule has 0 spiro atoms. The van der Waals surface area contributed by atoms with Gasteiger partial charge in [0.2, 0.25) is 5.91 Å². The maximum absolute atomic E-state index is 11.5. The van der Waals surface area contributed by atoms with Crippen molar-refractivity contribution in [3.8, 4) is 0 Å². The van der Waals surface area contributed by atoms with E-state index in [0.29, 0.717) is 12.3 Å². The highest BCUT2D eigenvalue weighted by atomic mass is 35.5. The van der Waals surface area contributed by atoms with Crippen LogP contribution in [0.15, 0.2) is 17.5 Å². The van der Waals surface area contributed by atoms with E-state index in [2.05, 4.69) is 5.32 Å². The van der Waals surface area contributed by atoms with E-state index in [9.17, 15) is 4.79 Å². The van der Waals surface area contributed by atoms with Crippen LogP contribution in [0.3, 0.4) is 0 Å². The van der Waals surface area contributed by atoms with E-state index in [1.54, 1.807) is 11.3 Å². The normalized spacial score (nSPS) is 12.4.